The van der Waals surface area contributed by atoms with Crippen LogP contribution in [0.15, 0.2) is 120 Å². The van der Waals surface area contributed by atoms with Crippen LogP contribution in [0.3, 0.4) is 0 Å². The summed E-state index contributed by atoms with van der Waals surface area (Å²) in [6.45, 7) is 25.1. The number of pyridine rings is 2. The fourth-order valence-electron chi connectivity index (χ4n) is 11.2. The Morgan fingerprint density at radius 1 is 0.534 bits per heavy atom. The smallest absolute Gasteiger partial charge is 0.346 e. The van der Waals surface area contributed by atoms with Gasteiger partial charge in [0, 0.05) is 157 Å². The van der Waals surface area contributed by atoms with Crippen LogP contribution in [0.4, 0.5) is 60.5 Å². The van der Waals surface area contributed by atoms with E-state index in [1.54, 1.807) is 35.7 Å². The van der Waals surface area contributed by atoms with Crippen molar-refractivity contribution < 1.29 is 35.9 Å². The van der Waals surface area contributed by atoms with Crippen molar-refractivity contribution in [2.45, 2.75) is 101 Å². The predicted molar refractivity (Wildman–Crippen MR) is 346 cm³/mol. The van der Waals surface area contributed by atoms with E-state index in [1.807, 2.05) is 109 Å². The molecule has 468 valence electrons. The van der Waals surface area contributed by atoms with Crippen molar-refractivity contribution >= 4 is 91.5 Å². The third-order valence-corrected chi connectivity index (χ3v) is 18.4. The summed E-state index contributed by atoms with van der Waals surface area (Å²) >= 11 is 3.50. The van der Waals surface area contributed by atoms with E-state index in [9.17, 15) is 35.9 Å². The first-order chi connectivity index (χ1) is 41.9. The fourth-order valence-corrected chi connectivity index (χ4v) is 13.3. The van der Waals surface area contributed by atoms with Gasteiger partial charge in [-0.05, 0) is 110 Å². The van der Waals surface area contributed by atoms with Gasteiger partial charge in [0.2, 0.25) is 0 Å². The van der Waals surface area contributed by atoms with E-state index in [-0.39, 0.29) is 35.3 Å². The van der Waals surface area contributed by atoms with Gasteiger partial charge >= 0.3 is 12.4 Å². The molecule has 0 bridgehead atoms. The molecule has 2 aliphatic heterocycles. The Balaban J connectivity index is 0.000000209. The summed E-state index contributed by atoms with van der Waals surface area (Å²) < 4.78 is 84.9. The highest BCUT2D eigenvalue weighted by atomic mass is 32.2. The Kier molecular flexibility index (Phi) is 20.9. The molecule has 6 heterocycles. The van der Waals surface area contributed by atoms with Crippen molar-refractivity contribution in [3.8, 4) is 0 Å². The number of alkyl halides is 6. The summed E-state index contributed by atoms with van der Waals surface area (Å²) in [5.74, 6) is -1.19. The van der Waals surface area contributed by atoms with Gasteiger partial charge in [-0.2, -0.15) is 26.3 Å². The van der Waals surface area contributed by atoms with E-state index in [2.05, 4.69) is 81.9 Å². The van der Waals surface area contributed by atoms with Crippen molar-refractivity contribution in [3.05, 3.63) is 154 Å². The SMILES string of the molecule is CCN1CCN(Cc2ccc(C(=O)Nc3ccc(C)c(N(C)c4cnc5[nH]ccc5c4SC(C)C)c3)cc2C(F)(F)F)CC1.CCN1CCN(Cc2ccc(C(=O)Nc3ccc(C)c(N(C)c4cnc5[nH]ccc5c4SC(C)C)c3)cc2C(F)(F)F)CC1. The first-order valence-corrected chi connectivity index (χ1v) is 31.5. The minimum Gasteiger partial charge on any atom is -0.346 e. The van der Waals surface area contributed by atoms with Gasteiger partial charge in [0.25, 0.3) is 11.8 Å². The number of aromatic nitrogens is 4. The molecule has 8 aromatic rings. The third-order valence-electron chi connectivity index (χ3n) is 16.1. The van der Waals surface area contributed by atoms with Crippen LogP contribution < -0.4 is 20.4 Å². The number of thioether (sulfide) groups is 2. The number of aromatic amines is 2. The minimum absolute atomic E-state index is 0.0370. The number of aryl methyl sites for hydroxylation is 2. The zero-order chi connectivity index (χ0) is 63.2. The summed E-state index contributed by atoms with van der Waals surface area (Å²) in [5, 5.41) is 8.38. The number of nitrogens with one attached hydrogen (secondary N) is 4. The Hall–Kier alpha value is -7.08. The quantitative estimate of drug-likeness (QED) is 0.0481. The molecule has 4 N–H and O–H groups in total. The Labute approximate surface area is 519 Å². The normalized spacial score (nSPS) is 14.8. The van der Waals surface area contributed by atoms with E-state index >= 15 is 0 Å². The molecular weight excluding hydrogens is 1170 g/mol. The lowest BCUT2D eigenvalue weighted by atomic mass is 10.0. The second-order valence-corrected chi connectivity index (χ2v) is 26.1. The van der Waals surface area contributed by atoms with E-state index in [4.69, 9.17) is 0 Å². The maximum Gasteiger partial charge on any atom is 0.416 e. The Bertz CT molecular complexity index is 3500. The molecule has 0 radical (unpaired) electrons. The van der Waals surface area contributed by atoms with Crippen LogP contribution in [0.25, 0.3) is 22.1 Å². The van der Waals surface area contributed by atoms with Crippen LogP contribution in [0.5, 0.6) is 0 Å². The van der Waals surface area contributed by atoms with E-state index in [0.29, 0.717) is 48.1 Å². The first kappa shape index (κ1) is 65.4. The summed E-state index contributed by atoms with van der Waals surface area (Å²) in [4.78, 5) is 57.0. The lowest BCUT2D eigenvalue weighted by Gasteiger charge is -2.34. The van der Waals surface area contributed by atoms with Gasteiger partial charge in [0.15, 0.2) is 0 Å². The van der Waals surface area contributed by atoms with Crippen LogP contribution in [0.1, 0.15) is 95.6 Å². The monoisotopic (exact) mass is 1250 g/mol. The lowest BCUT2D eigenvalue weighted by molar-refractivity contribution is -0.139. The average Bonchev–Trinajstić information content (AvgIpc) is 1.66. The zero-order valence-electron chi connectivity index (χ0n) is 51.5. The van der Waals surface area contributed by atoms with E-state index in [1.165, 1.54) is 24.3 Å². The van der Waals surface area contributed by atoms with Crippen LogP contribution >= 0.6 is 23.5 Å². The van der Waals surface area contributed by atoms with Crippen molar-refractivity contribution in [3.63, 3.8) is 0 Å². The number of likely N-dealkylation sites (N-methyl/N-ethyl adjacent to an activating group) is 2. The molecular formula is C66H78F6N12O2S2. The molecule has 0 unspecified atom stereocenters. The molecule has 22 heteroatoms. The molecule has 88 heavy (non-hydrogen) atoms. The van der Waals surface area contributed by atoms with E-state index in [0.717, 1.165) is 117 Å². The number of fused-ring (bicyclic) bond motifs is 2. The Morgan fingerprint density at radius 3 is 1.24 bits per heavy atom. The summed E-state index contributed by atoms with van der Waals surface area (Å²) in [7, 11) is 3.90. The predicted octanol–water partition coefficient (Wildman–Crippen LogP) is 15.1. The maximum absolute atomic E-state index is 14.2. The van der Waals surface area contributed by atoms with Crippen LogP contribution in [0, 0.1) is 13.8 Å². The number of anilines is 6. The largest absolute Gasteiger partial charge is 0.416 e. The van der Waals surface area contributed by atoms with Gasteiger partial charge in [-0.1, -0.05) is 65.8 Å². The number of halogens is 6. The highest BCUT2D eigenvalue weighted by Crippen LogP contribution is 2.44. The van der Waals surface area contributed by atoms with Crippen molar-refractivity contribution in [2.24, 2.45) is 0 Å². The molecule has 10 rings (SSSR count). The third kappa shape index (κ3) is 15.7. The number of carbonyl (C=O) groups excluding carboxylic acids is 2. The highest BCUT2D eigenvalue weighted by molar-refractivity contribution is 8.00. The summed E-state index contributed by atoms with van der Waals surface area (Å²) in [6, 6.07) is 22.8. The second kappa shape index (κ2) is 28.2. The summed E-state index contributed by atoms with van der Waals surface area (Å²) in [6.07, 6.45) is -1.74. The van der Waals surface area contributed by atoms with E-state index < -0.39 is 35.3 Å². The highest BCUT2D eigenvalue weighted by Gasteiger charge is 2.36. The number of nitrogens with zero attached hydrogens (tertiary/aromatic N) is 8. The molecule has 0 spiro atoms. The number of H-pyrrole nitrogens is 2. The number of benzene rings is 4. The molecule has 4 aromatic heterocycles. The topological polar surface area (TPSA) is 135 Å². The molecule has 0 saturated carbocycles. The molecule has 0 atom stereocenters. The fraction of sp³-hybridized carbons (Fsp3) is 0.394. The van der Waals surface area contributed by atoms with Crippen LogP contribution in [-0.2, 0) is 25.4 Å². The first-order valence-electron chi connectivity index (χ1n) is 29.8. The number of rotatable bonds is 18. The van der Waals surface area contributed by atoms with Crippen molar-refractivity contribution in [1.29, 1.82) is 0 Å². The molecule has 0 aliphatic carbocycles. The lowest BCUT2D eigenvalue weighted by Crippen LogP contribution is -2.45. The minimum atomic E-state index is -4.57. The van der Waals surface area contributed by atoms with Crippen LogP contribution in [0.2, 0.25) is 0 Å². The second-order valence-electron chi connectivity index (χ2n) is 22.9. The average molecular weight is 1250 g/mol. The Morgan fingerprint density at radius 2 is 0.898 bits per heavy atom. The number of hydrogen-bond donors (Lipinski definition) is 4. The number of piperazine rings is 2. The molecule has 4 aromatic carbocycles. The molecule has 2 amide bonds. The van der Waals surface area contributed by atoms with Crippen LogP contribution in [-0.4, -0.2) is 141 Å². The number of hydrogen-bond acceptors (Lipinski definition) is 12. The van der Waals surface area contributed by atoms with Gasteiger partial charge in [0.05, 0.1) is 34.9 Å². The van der Waals surface area contributed by atoms with Crippen molar-refractivity contribution in [2.75, 3.05) is 100.0 Å². The van der Waals surface area contributed by atoms with Gasteiger partial charge < -0.3 is 40.2 Å². The van der Waals surface area contributed by atoms with Gasteiger partial charge in [-0.25, -0.2) is 9.97 Å². The molecule has 2 fully saturated rings. The molecule has 14 nitrogen and oxygen atoms in total. The van der Waals surface area contributed by atoms with Gasteiger partial charge in [0.1, 0.15) is 11.3 Å². The number of amides is 2. The maximum atomic E-state index is 14.2. The standard InChI is InChI=1S/2C33H39F3N6OS/c2*1-6-41-13-15-42(16-14-41)20-24-9-8-23(17-27(24)33(34,35)36)32(43)39-25-10-7-22(4)28(18-25)40(5)29-19-38-31-26(11-12-37-31)30(29)44-21(2)3/h2*7-12,17-19,21H,6,13-16,20H2,1-5H3,(H,37,38)(H,39,43). The van der Waals surface area contributed by atoms with Gasteiger partial charge in [-0.15, -0.1) is 23.5 Å². The molecule has 2 aliphatic rings. The molecule has 2 saturated heterocycles. The summed E-state index contributed by atoms with van der Waals surface area (Å²) in [5.41, 5.74) is 6.84. The van der Waals surface area contributed by atoms with Gasteiger partial charge in [-0.3, -0.25) is 19.4 Å². The zero-order valence-corrected chi connectivity index (χ0v) is 53.1. The number of carbonyl (C=O) groups is 2. The van der Waals surface area contributed by atoms with Crippen molar-refractivity contribution in [1.82, 2.24) is 39.5 Å².